The van der Waals surface area contributed by atoms with Gasteiger partial charge in [-0.2, -0.15) is 0 Å². The van der Waals surface area contributed by atoms with Gasteiger partial charge < -0.3 is 33.7 Å². The first-order valence-corrected chi connectivity index (χ1v) is 24.6. The van der Waals surface area contributed by atoms with Gasteiger partial charge in [-0.3, -0.25) is 19.2 Å². The smallest absolute Gasteiger partial charge is 0.329 e. The van der Waals surface area contributed by atoms with Gasteiger partial charge in [0.2, 0.25) is 5.79 Å². The lowest BCUT2D eigenvalue weighted by Crippen LogP contribution is -2.61. The molecule has 12 heteroatoms. The first-order chi connectivity index (χ1) is 30.7. The Morgan fingerprint density at radius 3 is 2.23 bits per heavy atom. The first kappa shape index (κ1) is 54.3. The van der Waals surface area contributed by atoms with Crippen LogP contribution in [0.15, 0.2) is 47.6 Å². The molecule has 0 aromatic rings. The van der Waals surface area contributed by atoms with E-state index in [4.69, 9.17) is 23.7 Å². The number of ketones is 3. The van der Waals surface area contributed by atoms with Crippen LogP contribution < -0.4 is 0 Å². The molecule has 12 nitrogen and oxygen atoms in total. The molecule has 0 aromatic heterocycles. The van der Waals surface area contributed by atoms with E-state index in [2.05, 4.69) is 19.9 Å². The molecule has 0 radical (unpaired) electrons. The maximum Gasteiger partial charge on any atom is 0.329 e. The van der Waals surface area contributed by atoms with Crippen molar-refractivity contribution in [1.29, 1.82) is 0 Å². The van der Waals surface area contributed by atoms with Gasteiger partial charge in [0, 0.05) is 64.4 Å². The van der Waals surface area contributed by atoms with Crippen molar-refractivity contribution < 1.29 is 52.8 Å². The minimum atomic E-state index is -2.39. The van der Waals surface area contributed by atoms with E-state index in [0.29, 0.717) is 56.8 Å². The maximum absolute atomic E-state index is 14.4. The van der Waals surface area contributed by atoms with Crippen molar-refractivity contribution in [3.05, 3.63) is 47.6 Å². The highest BCUT2D eigenvalue weighted by atomic mass is 16.6. The van der Waals surface area contributed by atoms with Crippen molar-refractivity contribution >= 4 is 29.2 Å². The Morgan fingerprint density at radius 2 is 1.55 bits per heavy atom. The molecule has 4 rings (SSSR count). The number of aliphatic hydroxyl groups is 1. The van der Waals surface area contributed by atoms with E-state index in [1.54, 1.807) is 28.3 Å². The molecule has 2 unspecified atom stereocenters. The molecule has 0 aromatic carbocycles. The van der Waals surface area contributed by atoms with Gasteiger partial charge in [0.25, 0.3) is 11.7 Å². The van der Waals surface area contributed by atoms with Crippen LogP contribution in [-0.4, -0.2) is 109 Å². The summed E-state index contributed by atoms with van der Waals surface area (Å²) in [5.41, 5.74) is 1.77. The van der Waals surface area contributed by atoms with Crippen LogP contribution in [0.25, 0.3) is 0 Å². The molecular formula is C53H83NO11. The predicted octanol–water partition coefficient (Wildman–Crippen LogP) is 8.73. The molecule has 1 amide bonds. The molecule has 2 saturated heterocycles. The molecule has 65 heavy (non-hydrogen) atoms. The number of allylic oxidation sites excluding steroid dienone is 6. The largest absolute Gasteiger partial charge is 0.460 e. The fourth-order valence-corrected chi connectivity index (χ4v) is 10.6. The van der Waals surface area contributed by atoms with Gasteiger partial charge in [0.15, 0.2) is 5.78 Å². The summed E-state index contributed by atoms with van der Waals surface area (Å²) < 4.78 is 30.1. The summed E-state index contributed by atoms with van der Waals surface area (Å²) >= 11 is 0. The Bertz CT molecular complexity index is 1750. The van der Waals surface area contributed by atoms with Gasteiger partial charge in [-0.15, -0.1) is 0 Å². The fraction of sp³-hybridized carbons (Fsp3) is 0.755. The lowest BCUT2D eigenvalue weighted by Gasteiger charge is -2.42. The number of fused-ring (bicyclic) bond motifs is 3. The Kier molecular flexibility index (Phi) is 21.0. The van der Waals surface area contributed by atoms with Crippen LogP contribution in [0.4, 0.5) is 0 Å². The minimum Gasteiger partial charge on any atom is -0.460 e. The predicted molar refractivity (Wildman–Crippen MR) is 251 cm³/mol. The first-order valence-electron chi connectivity index (χ1n) is 24.6. The van der Waals surface area contributed by atoms with Crippen LogP contribution in [0, 0.1) is 47.3 Å². The summed E-state index contributed by atoms with van der Waals surface area (Å²) in [5.74, 6) is -6.38. The molecular weight excluding hydrogens is 827 g/mol. The number of methoxy groups -OCH3 is 3. The van der Waals surface area contributed by atoms with Crippen molar-refractivity contribution in [2.24, 2.45) is 47.3 Å². The molecule has 366 valence electrons. The summed E-state index contributed by atoms with van der Waals surface area (Å²) in [4.78, 5) is 72.3. The summed E-state index contributed by atoms with van der Waals surface area (Å²) in [7, 11) is 4.90. The van der Waals surface area contributed by atoms with Gasteiger partial charge >= 0.3 is 5.97 Å². The number of cyclic esters (lactones) is 1. The van der Waals surface area contributed by atoms with Gasteiger partial charge in [0.05, 0.1) is 18.3 Å². The highest BCUT2D eigenvalue weighted by Crippen LogP contribution is 2.38. The summed E-state index contributed by atoms with van der Waals surface area (Å²) in [6.45, 7) is 17.7. The molecule has 1 aliphatic carbocycles. The Balaban J connectivity index is 1.70. The van der Waals surface area contributed by atoms with Crippen LogP contribution in [0.2, 0.25) is 0 Å². The number of Topliss-reactive ketones (excluding diaryl/α,β-unsaturated/α-hetero) is 3. The monoisotopic (exact) mass is 910 g/mol. The molecule has 15 atom stereocenters. The highest BCUT2D eigenvalue weighted by molar-refractivity contribution is 6.39. The number of amides is 1. The second-order valence-electron chi connectivity index (χ2n) is 20.3. The van der Waals surface area contributed by atoms with Gasteiger partial charge in [-0.05, 0) is 107 Å². The van der Waals surface area contributed by atoms with Gasteiger partial charge in [0.1, 0.15) is 24.0 Å². The minimum absolute atomic E-state index is 0.0102. The average Bonchev–Trinajstić information content (AvgIpc) is 3.28. The van der Waals surface area contributed by atoms with Crippen LogP contribution in [0.5, 0.6) is 0 Å². The standard InChI is InChI=1S/C53H83NO11/c1-32-18-14-13-15-19-33(2)46(62-11)30-42-24-22-39(8)53(60,65-42)50(57)51(58)54-25-17-16-20-43(54)52(59)64-47(37(6)28-41-23-21-34(3)45(29-41)61-10)31-44(55)36(5)27-35(4)40(9)49(63-12)48(56)38(7)26-32/h13-15,18-19,27,32,34,36-43,45-47,49,60H,16-17,20-26,28-31H2,1-12H3/b15-13?,18-14+,33-19?,35-27+/t32-,34-,36-,37-,38-,39-,40-,41?,42+,43+,45-,46+,47?,49-,53-/m1/s1. The summed E-state index contributed by atoms with van der Waals surface area (Å²) in [6.07, 6.45) is 16.4. The molecule has 2 bridgehead atoms. The molecule has 3 fully saturated rings. The number of piperidine rings is 1. The number of nitrogens with zero attached hydrogens (tertiary/aromatic N) is 1. The Morgan fingerprint density at radius 1 is 0.831 bits per heavy atom. The van der Waals surface area contributed by atoms with Crippen LogP contribution in [-0.2, 0) is 47.7 Å². The van der Waals surface area contributed by atoms with E-state index in [-0.39, 0.29) is 66.8 Å². The van der Waals surface area contributed by atoms with Gasteiger partial charge in [-0.25, -0.2) is 4.79 Å². The van der Waals surface area contributed by atoms with E-state index >= 15 is 0 Å². The Labute approximate surface area is 390 Å². The van der Waals surface area contributed by atoms with Crippen molar-refractivity contribution in [1.82, 2.24) is 4.90 Å². The van der Waals surface area contributed by atoms with Crippen molar-refractivity contribution in [3.8, 4) is 0 Å². The topological polar surface area (TPSA) is 155 Å². The molecule has 4 aliphatic rings. The number of carbonyl (C=O) groups is 5. The zero-order valence-corrected chi connectivity index (χ0v) is 41.7. The van der Waals surface area contributed by atoms with E-state index in [9.17, 15) is 29.1 Å². The Hall–Kier alpha value is -3.29. The second kappa shape index (κ2) is 25.2. The third kappa shape index (κ3) is 14.4. The molecule has 1 saturated carbocycles. The second-order valence-corrected chi connectivity index (χ2v) is 20.3. The number of carbonyl (C=O) groups excluding carboxylic acids is 5. The highest BCUT2D eigenvalue weighted by Gasteiger charge is 2.53. The zero-order valence-electron chi connectivity index (χ0n) is 41.7. The van der Waals surface area contributed by atoms with E-state index < -0.39 is 59.6 Å². The molecule has 3 aliphatic heterocycles. The van der Waals surface area contributed by atoms with E-state index in [0.717, 1.165) is 30.4 Å². The van der Waals surface area contributed by atoms with E-state index in [1.165, 1.54) is 4.90 Å². The molecule has 3 heterocycles. The molecule has 1 N–H and O–H groups in total. The number of hydrogen-bond donors (Lipinski definition) is 1. The van der Waals surface area contributed by atoms with Crippen molar-refractivity contribution in [3.63, 3.8) is 0 Å². The molecule has 0 spiro atoms. The third-order valence-electron chi connectivity index (χ3n) is 15.3. The summed E-state index contributed by atoms with van der Waals surface area (Å²) in [5, 5.41) is 12.0. The van der Waals surface area contributed by atoms with E-state index in [1.807, 2.05) is 71.9 Å². The van der Waals surface area contributed by atoms with Crippen LogP contribution >= 0.6 is 0 Å². The normalized spacial score (nSPS) is 39.1. The summed E-state index contributed by atoms with van der Waals surface area (Å²) in [6, 6.07) is -1.07. The number of ether oxygens (including phenoxy) is 5. The SMILES string of the molecule is CO[C@H]1C[C@@H]2CC[C@@H](C)[C@@](O)(O2)C(=O)C(=O)N2CCCC[C@H]2C(=O)OC([C@H](C)CC2CC[C@@H](C)[C@H](OC)C2)CC(=O)[C@H](C)/C=C(\C)[C@@H](C)[C@@H](OC)C(=O)[C@H](C)C[C@H](C)/C=C/C=CC=C1C. The van der Waals surface area contributed by atoms with Crippen LogP contribution in [0.3, 0.4) is 0 Å². The third-order valence-corrected chi connectivity index (χ3v) is 15.3. The lowest BCUT2D eigenvalue weighted by molar-refractivity contribution is -0.265. The average molecular weight is 910 g/mol. The fourth-order valence-electron chi connectivity index (χ4n) is 10.6. The number of rotatable bonds is 6. The maximum atomic E-state index is 14.4. The van der Waals surface area contributed by atoms with Crippen molar-refractivity contribution in [2.75, 3.05) is 27.9 Å². The van der Waals surface area contributed by atoms with Crippen LogP contribution in [0.1, 0.15) is 139 Å². The quantitative estimate of drug-likeness (QED) is 0.155. The number of esters is 1. The van der Waals surface area contributed by atoms with Crippen molar-refractivity contribution in [2.45, 2.75) is 182 Å². The van der Waals surface area contributed by atoms with Gasteiger partial charge in [-0.1, -0.05) is 90.5 Å². The zero-order chi connectivity index (χ0) is 48.2. The number of hydrogen-bond acceptors (Lipinski definition) is 11. The lowest BCUT2D eigenvalue weighted by atomic mass is 9.76.